The maximum atomic E-state index is 15.5. The van der Waals surface area contributed by atoms with Crippen LogP contribution in [0.4, 0.5) is 40.9 Å². The molecule has 0 aliphatic heterocycles. The number of alkyl halides is 6. The number of aromatic nitrogens is 5. The van der Waals surface area contributed by atoms with Crippen LogP contribution < -0.4 is 10.0 Å². The van der Waals surface area contributed by atoms with Crippen molar-refractivity contribution in [3.05, 3.63) is 93.0 Å². The number of fused-ring (bicyclic) bond motifs is 4. The van der Waals surface area contributed by atoms with Crippen molar-refractivity contribution in [2.45, 2.75) is 49.5 Å². The molecule has 0 saturated carbocycles. The zero-order valence-corrected chi connectivity index (χ0v) is 32.2. The van der Waals surface area contributed by atoms with E-state index in [4.69, 9.17) is 11.6 Å². The minimum Gasteiger partial charge on any atom is -0.375 e. The van der Waals surface area contributed by atoms with Gasteiger partial charge in [0.25, 0.3) is 0 Å². The molecule has 3 N–H and O–H groups in total. The first-order chi connectivity index (χ1) is 27.5. The van der Waals surface area contributed by atoms with Crippen molar-refractivity contribution in [3.63, 3.8) is 0 Å². The summed E-state index contributed by atoms with van der Waals surface area (Å²) in [6.07, 6.45) is -4.78. The molecule has 7 rings (SSSR count). The Morgan fingerprint density at radius 1 is 1.08 bits per heavy atom. The number of benzene rings is 2. The first-order valence-corrected chi connectivity index (χ1v) is 19.5. The van der Waals surface area contributed by atoms with E-state index in [1.54, 1.807) is 0 Å². The van der Waals surface area contributed by atoms with Gasteiger partial charge < -0.3 is 10.4 Å². The Bertz CT molecular complexity index is 2800. The highest BCUT2D eigenvalue weighted by atomic mass is 35.5. The Balaban J connectivity index is 1.40. The second kappa shape index (κ2) is 14.5. The van der Waals surface area contributed by atoms with Gasteiger partial charge in [-0.15, -0.1) is 0 Å². The van der Waals surface area contributed by atoms with Crippen molar-refractivity contribution in [2.75, 3.05) is 17.7 Å². The second-order valence-electron chi connectivity index (χ2n) is 14.2. The van der Waals surface area contributed by atoms with Gasteiger partial charge in [0.2, 0.25) is 15.9 Å². The number of carbonyl (C=O) groups excluding carboxylic acids is 1. The molecule has 2 aliphatic rings. The molecule has 0 bridgehead atoms. The molecule has 59 heavy (non-hydrogen) atoms. The fourth-order valence-corrected chi connectivity index (χ4v) is 7.79. The summed E-state index contributed by atoms with van der Waals surface area (Å²) >= 11 is 6.54. The highest BCUT2D eigenvalue weighted by molar-refractivity contribution is 7.92. The second-order valence-corrected chi connectivity index (χ2v) is 16.3. The Morgan fingerprint density at radius 2 is 1.76 bits per heavy atom. The third-order valence-electron chi connectivity index (χ3n) is 9.48. The molecular formula is C38H28ClF8N7O4S. The Labute approximate surface area is 334 Å². The molecule has 0 saturated heterocycles. The molecule has 2 unspecified atom stereocenters. The summed E-state index contributed by atoms with van der Waals surface area (Å²) in [5, 5.41) is 20.6. The zero-order valence-electron chi connectivity index (χ0n) is 30.6. The molecule has 21 heteroatoms. The molecule has 2 aromatic carbocycles. The normalized spacial score (nSPS) is 18.1. The van der Waals surface area contributed by atoms with E-state index < -0.39 is 99.7 Å². The van der Waals surface area contributed by atoms with Crippen molar-refractivity contribution in [1.29, 1.82) is 0 Å². The lowest BCUT2D eigenvalue weighted by molar-refractivity contribution is -0.142. The molecule has 308 valence electrons. The van der Waals surface area contributed by atoms with Crippen LogP contribution in [0, 0.1) is 41.2 Å². The quantitative estimate of drug-likeness (QED) is 0.113. The van der Waals surface area contributed by atoms with E-state index in [-0.39, 0.29) is 54.5 Å². The van der Waals surface area contributed by atoms with E-state index in [9.17, 15) is 44.7 Å². The van der Waals surface area contributed by atoms with Crippen molar-refractivity contribution >= 4 is 44.3 Å². The van der Waals surface area contributed by atoms with Crippen LogP contribution in [0.5, 0.6) is 0 Å². The summed E-state index contributed by atoms with van der Waals surface area (Å²) in [6, 6.07) is 6.60. The highest BCUT2D eigenvalue weighted by Gasteiger charge is 2.62. The number of hydrogen-bond donors (Lipinski definition) is 3. The molecule has 0 radical (unpaired) electrons. The number of sulfonamides is 1. The van der Waals surface area contributed by atoms with Crippen LogP contribution >= 0.6 is 11.6 Å². The minimum atomic E-state index is -5.18. The van der Waals surface area contributed by atoms with Crippen LogP contribution in [0.3, 0.4) is 0 Å². The molecule has 4 atom stereocenters. The molecule has 3 heterocycles. The van der Waals surface area contributed by atoms with Crippen LogP contribution in [0.2, 0.25) is 5.02 Å². The number of halogens is 9. The van der Waals surface area contributed by atoms with Crippen LogP contribution in [-0.2, 0) is 46.9 Å². The van der Waals surface area contributed by atoms with Crippen molar-refractivity contribution in [1.82, 2.24) is 29.9 Å². The lowest BCUT2D eigenvalue weighted by atomic mass is 9.84. The van der Waals surface area contributed by atoms with Crippen LogP contribution in [0.1, 0.15) is 52.8 Å². The van der Waals surface area contributed by atoms with Gasteiger partial charge in [-0.3, -0.25) is 18.9 Å². The van der Waals surface area contributed by atoms with Gasteiger partial charge >= 0.3 is 12.1 Å². The van der Waals surface area contributed by atoms with Gasteiger partial charge in [-0.2, -0.15) is 32.1 Å². The molecule has 0 fully saturated rings. The minimum absolute atomic E-state index is 0.0501. The fourth-order valence-electron chi connectivity index (χ4n) is 7.05. The molecule has 3 aromatic heterocycles. The van der Waals surface area contributed by atoms with Crippen LogP contribution in [0.25, 0.3) is 22.0 Å². The summed E-state index contributed by atoms with van der Waals surface area (Å²) in [5.74, 6) is -1.16. The van der Waals surface area contributed by atoms with Crippen molar-refractivity contribution < 1.29 is 53.4 Å². The number of aryl methyl sites for hydroxylation is 1. The number of aliphatic hydroxyl groups is 1. The highest BCUT2D eigenvalue weighted by Crippen LogP contribution is 2.58. The lowest BCUT2D eigenvalue weighted by Crippen LogP contribution is -2.36. The molecular weight excluding hydrogens is 838 g/mol. The fraction of sp³-hybridized carbons (Fsp3) is 0.316. The molecule has 0 spiro atoms. The molecule has 1 amide bonds. The molecule has 5 aromatic rings. The Kier molecular flexibility index (Phi) is 10.2. The standard InChI is InChI=1S/C38H28ClF8N7O4S/c1-36(56,17-40)11-10-21-4-5-22(23-7-9-26(39)30-32(23)53(2)51-35(30)52-59(3,57)58)31(48-21)27(14-18-12-19(41)15-20(42)13-18)49-28(55)16-54-34-29(33(50-54)38(45,46)47)24-6-8-25(24)37(34,43)44/h4-5,7,9,12-13,15,24-25,27,56H,14,16-17H2,1-3H3,(H,49,55)(H,51,52)/t24-,25+,27?,36?/m0/s1. The van der Waals surface area contributed by atoms with Crippen molar-refractivity contribution in [2.24, 2.45) is 13.0 Å². The van der Waals surface area contributed by atoms with Crippen LogP contribution in [-0.4, -0.2) is 62.5 Å². The maximum Gasteiger partial charge on any atom is 0.435 e. The average molecular weight is 866 g/mol. The molecule has 2 aliphatic carbocycles. The number of hydrogen-bond acceptors (Lipinski definition) is 7. The summed E-state index contributed by atoms with van der Waals surface area (Å²) in [5.41, 5.74) is -5.51. The van der Waals surface area contributed by atoms with Crippen molar-refractivity contribution in [3.8, 4) is 34.8 Å². The van der Waals surface area contributed by atoms with E-state index in [2.05, 4.69) is 48.9 Å². The first-order valence-electron chi connectivity index (χ1n) is 17.2. The summed E-state index contributed by atoms with van der Waals surface area (Å²) in [6.45, 7) is -1.38. The van der Waals surface area contributed by atoms with E-state index in [1.165, 1.54) is 36.0 Å². The number of pyridine rings is 1. The monoisotopic (exact) mass is 865 g/mol. The summed E-state index contributed by atoms with van der Waals surface area (Å²) in [7, 11) is -2.43. The number of anilines is 1. The van der Waals surface area contributed by atoms with E-state index in [0.717, 1.165) is 25.3 Å². The van der Waals surface area contributed by atoms with Gasteiger partial charge in [0, 0.05) is 29.8 Å². The van der Waals surface area contributed by atoms with Gasteiger partial charge in [0.15, 0.2) is 17.1 Å². The number of carbonyl (C=O) groups is 1. The summed E-state index contributed by atoms with van der Waals surface area (Å²) in [4.78, 5) is 18.5. The number of nitrogens with zero attached hydrogens (tertiary/aromatic N) is 5. The van der Waals surface area contributed by atoms with Gasteiger partial charge in [0.1, 0.15) is 42.2 Å². The molecule has 11 nitrogen and oxygen atoms in total. The number of nitrogens with one attached hydrogen (secondary N) is 2. The topological polar surface area (TPSA) is 144 Å². The largest absolute Gasteiger partial charge is 0.435 e. The SMILES string of the molecule is Cn1nc(NS(C)(=O)=O)c2c(Cl)ccc(-c3ccc(C#CC(C)(O)CF)nc3C(Cc3cc(F)cc(F)c3)NC(=O)Cn3nc(C(F)(F)F)c4c3C(F)(F)[C@@H]3C#C[C@H]43)c21. The van der Waals surface area contributed by atoms with E-state index in [0.29, 0.717) is 6.07 Å². The maximum absolute atomic E-state index is 15.5. The van der Waals surface area contributed by atoms with Gasteiger partial charge in [-0.1, -0.05) is 35.4 Å². The van der Waals surface area contributed by atoms with E-state index >= 15 is 8.78 Å². The Morgan fingerprint density at radius 3 is 2.37 bits per heavy atom. The number of amides is 1. The van der Waals surface area contributed by atoms with Crippen LogP contribution in [0.15, 0.2) is 42.5 Å². The summed E-state index contributed by atoms with van der Waals surface area (Å²) < 4.78 is 144. The third-order valence-corrected chi connectivity index (χ3v) is 10.4. The van der Waals surface area contributed by atoms with Gasteiger partial charge in [-0.25, -0.2) is 26.6 Å². The van der Waals surface area contributed by atoms with Gasteiger partial charge in [-0.05, 0) is 55.2 Å². The third kappa shape index (κ3) is 7.91. The number of rotatable bonds is 10. The van der Waals surface area contributed by atoms with Gasteiger partial charge in [0.05, 0.1) is 39.8 Å². The average Bonchev–Trinajstić information content (AvgIpc) is 3.68. The predicted octanol–water partition coefficient (Wildman–Crippen LogP) is 6.15. The lowest BCUT2D eigenvalue weighted by Gasteiger charge is -2.24. The smallest absolute Gasteiger partial charge is 0.375 e. The first kappa shape index (κ1) is 41.5. The Hall–Kier alpha value is -5.70. The van der Waals surface area contributed by atoms with E-state index in [1.807, 2.05) is 0 Å². The zero-order chi connectivity index (χ0) is 43.0. The predicted molar refractivity (Wildman–Crippen MR) is 197 cm³/mol.